The zero-order valence-electron chi connectivity index (χ0n) is 10.3. The molecule has 1 unspecified atom stereocenters. The highest BCUT2D eigenvalue weighted by Gasteiger charge is 2.31. The number of rotatable bonds is 1. The lowest BCUT2D eigenvalue weighted by molar-refractivity contribution is 0.0977. The highest BCUT2D eigenvalue weighted by Crippen LogP contribution is 2.34. The van der Waals surface area contributed by atoms with Crippen LogP contribution in [0.4, 0.5) is 10.7 Å². The predicted octanol–water partition coefficient (Wildman–Crippen LogP) is 3.47. The fourth-order valence-corrected chi connectivity index (χ4v) is 3.16. The average Bonchev–Trinajstić information content (AvgIpc) is 2.79. The van der Waals surface area contributed by atoms with Gasteiger partial charge in [-0.1, -0.05) is 18.2 Å². The van der Waals surface area contributed by atoms with E-state index in [0.29, 0.717) is 0 Å². The fraction of sp³-hybridized carbons (Fsp3) is 0.214. The molecule has 0 spiro atoms. The molecule has 1 aliphatic heterocycles. The number of amides is 1. The predicted molar refractivity (Wildman–Crippen MR) is 75.4 cm³/mol. The number of thiophene rings is 1. The molecule has 0 saturated heterocycles. The van der Waals surface area contributed by atoms with Gasteiger partial charge in [-0.05, 0) is 36.9 Å². The van der Waals surface area contributed by atoms with Crippen LogP contribution in [0.25, 0.3) is 0 Å². The van der Waals surface area contributed by atoms with Crippen molar-refractivity contribution in [2.24, 2.45) is 0 Å². The van der Waals surface area contributed by atoms with Gasteiger partial charge in [-0.2, -0.15) is 0 Å². The summed E-state index contributed by atoms with van der Waals surface area (Å²) in [6, 6.07) is 9.85. The van der Waals surface area contributed by atoms with Crippen LogP contribution in [0, 0.1) is 6.92 Å². The van der Waals surface area contributed by atoms with E-state index in [1.54, 1.807) is 11.3 Å². The number of para-hydroxylation sites is 1. The molecule has 0 bridgehead atoms. The van der Waals surface area contributed by atoms with Gasteiger partial charge in [-0.3, -0.25) is 9.69 Å². The van der Waals surface area contributed by atoms with Crippen LogP contribution >= 0.6 is 11.3 Å². The molecule has 1 atom stereocenters. The van der Waals surface area contributed by atoms with Crippen molar-refractivity contribution in [3.63, 3.8) is 0 Å². The Hall–Kier alpha value is -1.81. The molecule has 3 rings (SSSR count). The van der Waals surface area contributed by atoms with Crippen molar-refractivity contribution >= 4 is 27.9 Å². The van der Waals surface area contributed by atoms with Gasteiger partial charge in [0.15, 0.2) is 0 Å². The van der Waals surface area contributed by atoms with Gasteiger partial charge in [0, 0.05) is 5.69 Å². The van der Waals surface area contributed by atoms with Gasteiger partial charge in [-0.25, -0.2) is 0 Å². The van der Waals surface area contributed by atoms with E-state index in [9.17, 15) is 4.79 Å². The first-order chi connectivity index (χ1) is 8.68. The number of carbonyl (C=O) groups is 1. The van der Waals surface area contributed by atoms with Crippen LogP contribution in [-0.2, 0) is 0 Å². The normalized spacial score (nSPS) is 18.4. The van der Waals surface area contributed by atoms with E-state index < -0.39 is 0 Å². The molecule has 2 aromatic rings. The van der Waals surface area contributed by atoms with Crippen LogP contribution in [0.3, 0.4) is 0 Å². The maximum Gasteiger partial charge on any atom is 0.262 e. The smallest absolute Gasteiger partial charge is 0.262 e. The van der Waals surface area contributed by atoms with Crippen LogP contribution in [0.1, 0.15) is 22.8 Å². The SMILES string of the molecule is Cc1ccccc1N1C(=O)c2ccsc2NC1C. The Labute approximate surface area is 110 Å². The van der Waals surface area contributed by atoms with Gasteiger partial charge in [0.25, 0.3) is 5.91 Å². The summed E-state index contributed by atoms with van der Waals surface area (Å²) in [5, 5.41) is 6.29. The number of benzene rings is 1. The van der Waals surface area contributed by atoms with Crippen molar-refractivity contribution in [2.75, 3.05) is 10.2 Å². The van der Waals surface area contributed by atoms with Gasteiger partial charge in [-0.15, -0.1) is 11.3 Å². The third kappa shape index (κ3) is 1.61. The topological polar surface area (TPSA) is 32.3 Å². The first-order valence-corrected chi connectivity index (χ1v) is 6.79. The summed E-state index contributed by atoms with van der Waals surface area (Å²) >= 11 is 1.58. The Morgan fingerprint density at radius 3 is 2.83 bits per heavy atom. The highest BCUT2D eigenvalue weighted by atomic mass is 32.1. The van der Waals surface area contributed by atoms with Crippen molar-refractivity contribution in [3.8, 4) is 0 Å². The van der Waals surface area contributed by atoms with Gasteiger partial charge in [0.1, 0.15) is 11.2 Å². The number of hydrogen-bond acceptors (Lipinski definition) is 3. The molecule has 1 aromatic heterocycles. The molecule has 92 valence electrons. The Morgan fingerprint density at radius 2 is 2.06 bits per heavy atom. The maximum atomic E-state index is 12.5. The molecule has 1 amide bonds. The number of fused-ring (bicyclic) bond motifs is 1. The summed E-state index contributed by atoms with van der Waals surface area (Å²) in [7, 11) is 0. The largest absolute Gasteiger partial charge is 0.356 e. The monoisotopic (exact) mass is 258 g/mol. The minimum Gasteiger partial charge on any atom is -0.356 e. The summed E-state index contributed by atoms with van der Waals surface area (Å²) in [4.78, 5) is 14.4. The quantitative estimate of drug-likeness (QED) is 0.849. The second-order valence-corrected chi connectivity index (χ2v) is 5.36. The Morgan fingerprint density at radius 1 is 1.28 bits per heavy atom. The molecule has 1 aliphatic rings. The zero-order valence-corrected chi connectivity index (χ0v) is 11.1. The summed E-state index contributed by atoms with van der Waals surface area (Å²) in [6.45, 7) is 4.03. The molecule has 0 saturated carbocycles. The first kappa shape index (κ1) is 11.3. The van der Waals surface area contributed by atoms with Crippen molar-refractivity contribution in [1.82, 2.24) is 0 Å². The number of nitrogens with zero attached hydrogens (tertiary/aromatic N) is 1. The molecule has 2 heterocycles. The van der Waals surface area contributed by atoms with E-state index in [0.717, 1.165) is 21.8 Å². The van der Waals surface area contributed by atoms with Crippen LogP contribution in [-0.4, -0.2) is 12.1 Å². The molecule has 0 radical (unpaired) electrons. The number of carbonyl (C=O) groups excluding carboxylic acids is 1. The summed E-state index contributed by atoms with van der Waals surface area (Å²) in [5.41, 5.74) is 2.85. The van der Waals surface area contributed by atoms with Crippen molar-refractivity contribution in [2.45, 2.75) is 20.0 Å². The van der Waals surface area contributed by atoms with Crippen molar-refractivity contribution in [1.29, 1.82) is 0 Å². The molecular formula is C14H14N2OS. The van der Waals surface area contributed by atoms with E-state index in [1.807, 2.05) is 54.5 Å². The average molecular weight is 258 g/mol. The van der Waals surface area contributed by atoms with E-state index in [2.05, 4.69) is 5.32 Å². The Bertz CT molecular complexity index is 605. The summed E-state index contributed by atoms with van der Waals surface area (Å²) in [5.74, 6) is 0.0757. The van der Waals surface area contributed by atoms with E-state index in [-0.39, 0.29) is 12.1 Å². The second-order valence-electron chi connectivity index (χ2n) is 4.45. The lowest BCUT2D eigenvalue weighted by Gasteiger charge is -2.35. The molecule has 4 heteroatoms. The van der Waals surface area contributed by atoms with Gasteiger partial charge in [0.2, 0.25) is 0 Å². The minimum atomic E-state index is -0.0234. The van der Waals surface area contributed by atoms with Gasteiger partial charge >= 0.3 is 0 Å². The Kier molecular flexibility index (Phi) is 2.59. The zero-order chi connectivity index (χ0) is 12.7. The molecular weight excluding hydrogens is 244 g/mol. The summed E-state index contributed by atoms with van der Waals surface area (Å²) in [6.07, 6.45) is -0.0234. The van der Waals surface area contributed by atoms with E-state index in [1.165, 1.54) is 0 Å². The van der Waals surface area contributed by atoms with Crippen LogP contribution < -0.4 is 10.2 Å². The molecule has 0 fully saturated rings. The van der Waals surface area contributed by atoms with Crippen LogP contribution in [0.5, 0.6) is 0 Å². The Balaban J connectivity index is 2.09. The number of anilines is 2. The number of nitrogens with one attached hydrogen (secondary N) is 1. The lowest BCUT2D eigenvalue weighted by atomic mass is 10.1. The van der Waals surface area contributed by atoms with Crippen molar-refractivity contribution in [3.05, 3.63) is 46.8 Å². The lowest BCUT2D eigenvalue weighted by Crippen LogP contribution is -2.47. The van der Waals surface area contributed by atoms with E-state index >= 15 is 0 Å². The maximum absolute atomic E-state index is 12.5. The summed E-state index contributed by atoms with van der Waals surface area (Å²) < 4.78 is 0. The molecule has 1 aromatic carbocycles. The van der Waals surface area contributed by atoms with Crippen molar-refractivity contribution < 1.29 is 4.79 Å². The fourth-order valence-electron chi connectivity index (χ4n) is 2.30. The van der Waals surface area contributed by atoms with Gasteiger partial charge < -0.3 is 5.32 Å². The third-order valence-corrected chi connectivity index (χ3v) is 4.06. The second kappa shape index (κ2) is 4.14. The van der Waals surface area contributed by atoms with Crippen LogP contribution in [0.2, 0.25) is 0 Å². The van der Waals surface area contributed by atoms with E-state index in [4.69, 9.17) is 0 Å². The van der Waals surface area contributed by atoms with Crippen LogP contribution in [0.15, 0.2) is 35.7 Å². The molecule has 1 N–H and O–H groups in total. The first-order valence-electron chi connectivity index (χ1n) is 5.91. The third-order valence-electron chi connectivity index (χ3n) is 3.22. The number of aryl methyl sites for hydroxylation is 1. The molecule has 0 aliphatic carbocycles. The molecule has 18 heavy (non-hydrogen) atoms. The standard InChI is InChI=1S/C14H14N2OS/c1-9-5-3-4-6-12(9)16-10(2)15-13-11(14(16)17)7-8-18-13/h3-8,10,15H,1-2H3. The minimum absolute atomic E-state index is 0.0234. The number of hydrogen-bond donors (Lipinski definition) is 1. The molecule has 3 nitrogen and oxygen atoms in total. The van der Waals surface area contributed by atoms with Gasteiger partial charge in [0.05, 0.1) is 5.56 Å². The highest BCUT2D eigenvalue weighted by molar-refractivity contribution is 7.14.